The average Bonchev–Trinajstić information content (AvgIpc) is 2.89. The Balaban J connectivity index is 1.65. The number of nitrogens with zero attached hydrogens (tertiary/aromatic N) is 3. The molecule has 25 heavy (non-hydrogen) atoms. The van der Waals surface area contributed by atoms with Crippen LogP contribution in [0.2, 0.25) is 0 Å². The predicted octanol–water partition coefficient (Wildman–Crippen LogP) is 4.24. The van der Waals surface area contributed by atoms with Crippen molar-refractivity contribution in [2.45, 2.75) is 56.9 Å². The highest BCUT2D eigenvalue weighted by atomic mass is 32.2. The van der Waals surface area contributed by atoms with Crippen LogP contribution in [-0.2, 0) is 4.79 Å². The fraction of sp³-hybridized carbons (Fsp3) is 0.526. The quantitative estimate of drug-likeness (QED) is 0.764. The molecular formula is C19H25N3O2S. The van der Waals surface area contributed by atoms with E-state index in [1.54, 1.807) is 0 Å². The third kappa shape index (κ3) is 4.42. The van der Waals surface area contributed by atoms with Crippen molar-refractivity contribution < 1.29 is 9.21 Å². The first-order valence-corrected chi connectivity index (χ1v) is 9.79. The van der Waals surface area contributed by atoms with Gasteiger partial charge in [-0.25, -0.2) is 0 Å². The lowest BCUT2D eigenvalue weighted by atomic mass is 10.1. The molecule has 1 atom stereocenters. The molecule has 1 aliphatic heterocycles. The predicted molar refractivity (Wildman–Crippen MR) is 99.6 cm³/mol. The summed E-state index contributed by atoms with van der Waals surface area (Å²) in [5.41, 5.74) is 3.33. The van der Waals surface area contributed by atoms with Gasteiger partial charge in [0.15, 0.2) is 0 Å². The summed E-state index contributed by atoms with van der Waals surface area (Å²) in [5.74, 6) is 0.665. The zero-order valence-electron chi connectivity index (χ0n) is 15.1. The molecule has 1 fully saturated rings. The van der Waals surface area contributed by atoms with Gasteiger partial charge in [-0.3, -0.25) is 4.79 Å². The SMILES string of the molecule is Cc1ccc(-c2nnc(S[C@@H](C)C(=O)N3CCCCCC3)o2)cc1C. The molecule has 0 N–H and O–H groups in total. The fourth-order valence-corrected chi connectivity index (χ4v) is 3.77. The van der Waals surface area contributed by atoms with Crippen LogP contribution >= 0.6 is 11.8 Å². The highest BCUT2D eigenvalue weighted by Crippen LogP contribution is 2.28. The van der Waals surface area contributed by atoms with Gasteiger partial charge in [-0.2, -0.15) is 0 Å². The first-order valence-electron chi connectivity index (χ1n) is 8.91. The van der Waals surface area contributed by atoms with E-state index in [9.17, 15) is 4.79 Å². The molecule has 1 aromatic carbocycles. The minimum atomic E-state index is -0.217. The summed E-state index contributed by atoms with van der Waals surface area (Å²) in [4.78, 5) is 14.6. The Morgan fingerprint density at radius 2 is 1.84 bits per heavy atom. The molecule has 0 spiro atoms. The molecule has 2 heterocycles. The number of hydrogen-bond donors (Lipinski definition) is 0. The molecule has 1 saturated heterocycles. The summed E-state index contributed by atoms with van der Waals surface area (Å²) in [6.07, 6.45) is 4.63. The van der Waals surface area contributed by atoms with Crippen LogP contribution in [0.4, 0.5) is 0 Å². The number of benzene rings is 1. The first kappa shape index (κ1) is 18.0. The van der Waals surface area contributed by atoms with Crippen LogP contribution < -0.4 is 0 Å². The molecule has 0 bridgehead atoms. The second-order valence-electron chi connectivity index (χ2n) is 6.67. The zero-order valence-corrected chi connectivity index (χ0v) is 15.9. The lowest BCUT2D eigenvalue weighted by molar-refractivity contribution is -0.130. The van der Waals surface area contributed by atoms with E-state index in [-0.39, 0.29) is 11.2 Å². The number of carbonyl (C=O) groups excluding carboxylic acids is 1. The Hall–Kier alpha value is -1.82. The molecule has 1 amide bonds. The van der Waals surface area contributed by atoms with E-state index in [1.165, 1.54) is 35.7 Å². The van der Waals surface area contributed by atoms with Gasteiger partial charge in [-0.15, -0.1) is 10.2 Å². The standard InChI is InChI=1S/C19H25N3O2S/c1-13-8-9-16(12-14(13)2)17-20-21-19(24-17)25-15(3)18(23)22-10-6-4-5-7-11-22/h8-9,12,15H,4-7,10-11H2,1-3H3/t15-/m0/s1. The van der Waals surface area contributed by atoms with Gasteiger partial charge >= 0.3 is 0 Å². The van der Waals surface area contributed by atoms with Gasteiger partial charge in [-0.05, 0) is 56.9 Å². The maximum Gasteiger partial charge on any atom is 0.277 e. The van der Waals surface area contributed by atoms with Crippen LogP contribution in [0.25, 0.3) is 11.5 Å². The van der Waals surface area contributed by atoms with E-state index >= 15 is 0 Å². The number of amides is 1. The fourth-order valence-electron chi connectivity index (χ4n) is 3.00. The van der Waals surface area contributed by atoms with Gasteiger partial charge in [0.05, 0.1) is 5.25 Å². The summed E-state index contributed by atoms with van der Waals surface area (Å²) < 4.78 is 5.77. The normalized spacial score (nSPS) is 16.5. The van der Waals surface area contributed by atoms with E-state index in [1.807, 2.05) is 30.0 Å². The van der Waals surface area contributed by atoms with Crippen molar-refractivity contribution in [2.24, 2.45) is 0 Å². The summed E-state index contributed by atoms with van der Waals surface area (Å²) in [6.45, 7) is 7.78. The maximum absolute atomic E-state index is 12.6. The molecule has 2 aromatic rings. The largest absolute Gasteiger partial charge is 0.411 e. The molecule has 0 aliphatic carbocycles. The van der Waals surface area contributed by atoms with Gasteiger partial charge in [0.25, 0.3) is 5.22 Å². The van der Waals surface area contributed by atoms with Crippen molar-refractivity contribution in [1.29, 1.82) is 0 Å². The molecule has 5 nitrogen and oxygen atoms in total. The smallest absolute Gasteiger partial charge is 0.277 e. The lowest BCUT2D eigenvalue weighted by Gasteiger charge is -2.23. The van der Waals surface area contributed by atoms with Crippen molar-refractivity contribution in [2.75, 3.05) is 13.1 Å². The number of rotatable bonds is 4. The van der Waals surface area contributed by atoms with E-state index in [2.05, 4.69) is 24.0 Å². The third-order valence-corrected chi connectivity index (χ3v) is 5.63. The van der Waals surface area contributed by atoms with Crippen LogP contribution in [-0.4, -0.2) is 39.3 Å². The minimum Gasteiger partial charge on any atom is -0.411 e. The summed E-state index contributed by atoms with van der Waals surface area (Å²) in [6, 6.07) is 6.08. The zero-order chi connectivity index (χ0) is 17.8. The Labute approximate surface area is 153 Å². The third-order valence-electron chi connectivity index (χ3n) is 4.70. The Bertz CT molecular complexity index is 736. The number of carbonyl (C=O) groups is 1. The lowest BCUT2D eigenvalue weighted by Crippen LogP contribution is -2.37. The van der Waals surface area contributed by atoms with Crippen molar-refractivity contribution in [3.63, 3.8) is 0 Å². The van der Waals surface area contributed by atoms with Crippen LogP contribution in [0.15, 0.2) is 27.8 Å². The number of likely N-dealkylation sites (tertiary alicyclic amines) is 1. The number of thioether (sulfide) groups is 1. The maximum atomic E-state index is 12.6. The van der Waals surface area contributed by atoms with E-state index in [0.29, 0.717) is 11.1 Å². The Morgan fingerprint density at radius 3 is 2.52 bits per heavy atom. The topological polar surface area (TPSA) is 59.2 Å². The molecule has 0 saturated carbocycles. The van der Waals surface area contributed by atoms with E-state index in [0.717, 1.165) is 31.5 Å². The van der Waals surface area contributed by atoms with Crippen LogP contribution in [0, 0.1) is 13.8 Å². The Morgan fingerprint density at radius 1 is 1.12 bits per heavy atom. The van der Waals surface area contributed by atoms with Crippen molar-refractivity contribution in [1.82, 2.24) is 15.1 Å². The van der Waals surface area contributed by atoms with E-state index < -0.39 is 0 Å². The van der Waals surface area contributed by atoms with Crippen LogP contribution in [0.1, 0.15) is 43.7 Å². The van der Waals surface area contributed by atoms with Crippen molar-refractivity contribution >= 4 is 17.7 Å². The van der Waals surface area contributed by atoms with Crippen LogP contribution in [0.3, 0.4) is 0 Å². The van der Waals surface area contributed by atoms with Gasteiger partial charge in [0, 0.05) is 18.7 Å². The number of aryl methyl sites for hydroxylation is 2. The highest BCUT2D eigenvalue weighted by Gasteiger charge is 2.24. The molecule has 0 radical (unpaired) electrons. The van der Waals surface area contributed by atoms with Gasteiger partial charge in [0.2, 0.25) is 11.8 Å². The van der Waals surface area contributed by atoms with Gasteiger partial charge in [-0.1, -0.05) is 30.7 Å². The second kappa shape index (κ2) is 8.04. The van der Waals surface area contributed by atoms with Crippen molar-refractivity contribution in [3.8, 4) is 11.5 Å². The Kier molecular flexibility index (Phi) is 5.78. The van der Waals surface area contributed by atoms with Gasteiger partial charge in [0.1, 0.15) is 0 Å². The van der Waals surface area contributed by atoms with E-state index in [4.69, 9.17) is 4.42 Å². The number of aromatic nitrogens is 2. The molecule has 6 heteroatoms. The molecule has 0 unspecified atom stereocenters. The molecule has 1 aromatic heterocycles. The summed E-state index contributed by atoms with van der Waals surface area (Å²) >= 11 is 1.34. The molecule has 1 aliphatic rings. The molecule has 3 rings (SSSR count). The minimum absolute atomic E-state index is 0.165. The summed E-state index contributed by atoms with van der Waals surface area (Å²) in [7, 11) is 0. The van der Waals surface area contributed by atoms with Gasteiger partial charge < -0.3 is 9.32 Å². The van der Waals surface area contributed by atoms with Crippen molar-refractivity contribution in [3.05, 3.63) is 29.3 Å². The second-order valence-corrected chi connectivity index (χ2v) is 7.96. The number of hydrogen-bond acceptors (Lipinski definition) is 5. The first-order chi connectivity index (χ1) is 12.0. The molecular weight excluding hydrogens is 334 g/mol. The summed E-state index contributed by atoms with van der Waals surface area (Å²) in [5, 5.41) is 8.47. The highest BCUT2D eigenvalue weighted by molar-refractivity contribution is 8.00. The monoisotopic (exact) mass is 359 g/mol. The average molecular weight is 359 g/mol. The van der Waals surface area contributed by atoms with Crippen LogP contribution in [0.5, 0.6) is 0 Å². The molecule has 134 valence electrons.